The quantitative estimate of drug-likeness (QED) is 0.636. The summed E-state index contributed by atoms with van der Waals surface area (Å²) < 4.78 is 0. The van der Waals surface area contributed by atoms with Crippen molar-refractivity contribution in [2.75, 3.05) is 6.54 Å². The summed E-state index contributed by atoms with van der Waals surface area (Å²) in [6, 6.07) is 4.17. The fourth-order valence-electron chi connectivity index (χ4n) is 2.32. The van der Waals surface area contributed by atoms with Crippen LogP contribution in [0.25, 0.3) is 0 Å². The SMILES string of the molecule is O=C1CCN(N2C(=O)c3ccc(CBr)cc3C2=O)C(=O)N1. The lowest BCUT2D eigenvalue weighted by molar-refractivity contribution is -0.122. The summed E-state index contributed by atoms with van der Waals surface area (Å²) in [6.07, 6.45) is 0.0474. The van der Waals surface area contributed by atoms with Gasteiger partial charge >= 0.3 is 6.03 Å². The van der Waals surface area contributed by atoms with Gasteiger partial charge in [-0.2, -0.15) is 5.01 Å². The summed E-state index contributed by atoms with van der Waals surface area (Å²) in [7, 11) is 0. The molecule has 7 nitrogen and oxygen atoms in total. The van der Waals surface area contributed by atoms with E-state index in [0.717, 1.165) is 15.6 Å². The number of imide groups is 2. The number of carbonyl (C=O) groups is 4. The highest BCUT2D eigenvalue weighted by molar-refractivity contribution is 9.08. The number of hydrazine groups is 1. The van der Waals surface area contributed by atoms with Crippen molar-refractivity contribution in [3.63, 3.8) is 0 Å². The van der Waals surface area contributed by atoms with Crippen LogP contribution in [-0.4, -0.2) is 40.3 Å². The topological polar surface area (TPSA) is 86.8 Å². The monoisotopic (exact) mass is 351 g/mol. The largest absolute Gasteiger partial charge is 0.343 e. The van der Waals surface area contributed by atoms with Gasteiger partial charge in [0.25, 0.3) is 11.8 Å². The predicted octanol–water partition coefficient (Wildman–Crippen LogP) is 1.03. The molecular weight excluding hydrogens is 342 g/mol. The van der Waals surface area contributed by atoms with E-state index in [1.54, 1.807) is 18.2 Å². The van der Waals surface area contributed by atoms with E-state index in [-0.39, 0.29) is 24.1 Å². The van der Waals surface area contributed by atoms with Gasteiger partial charge in [0.2, 0.25) is 5.91 Å². The number of carbonyl (C=O) groups excluding carboxylic acids is 4. The highest BCUT2D eigenvalue weighted by Gasteiger charge is 2.43. The number of amides is 5. The van der Waals surface area contributed by atoms with E-state index >= 15 is 0 Å². The molecule has 0 aliphatic carbocycles. The third-order valence-electron chi connectivity index (χ3n) is 3.36. The van der Waals surface area contributed by atoms with Crippen LogP contribution in [0.2, 0.25) is 0 Å². The van der Waals surface area contributed by atoms with Crippen LogP contribution in [0.15, 0.2) is 18.2 Å². The van der Waals surface area contributed by atoms with Crippen LogP contribution in [0.1, 0.15) is 32.7 Å². The molecule has 0 saturated carbocycles. The van der Waals surface area contributed by atoms with Gasteiger partial charge in [-0.15, -0.1) is 0 Å². The van der Waals surface area contributed by atoms with Crippen LogP contribution in [0.4, 0.5) is 4.79 Å². The highest BCUT2D eigenvalue weighted by atomic mass is 79.9. The van der Waals surface area contributed by atoms with Crippen molar-refractivity contribution in [2.24, 2.45) is 0 Å². The van der Waals surface area contributed by atoms with Gasteiger partial charge < -0.3 is 0 Å². The van der Waals surface area contributed by atoms with Crippen LogP contribution < -0.4 is 5.32 Å². The van der Waals surface area contributed by atoms with Gasteiger partial charge in [0.05, 0.1) is 17.7 Å². The Morgan fingerprint density at radius 3 is 2.48 bits per heavy atom. The molecule has 2 aliphatic heterocycles. The Morgan fingerprint density at radius 1 is 1.10 bits per heavy atom. The predicted molar refractivity (Wildman–Crippen MR) is 74.4 cm³/mol. The Balaban J connectivity index is 1.96. The molecule has 108 valence electrons. The van der Waals surface area contributed by atoms with Crippen molar-refractivity contribution >= 4 is 39.7 Å². The minimum atomic E-state index is -0.763. The fourth-order valence-corrected chi connectivity index (χ4v) is 2.67. The van der Waals surface area contributed by atoms with Crippen molar-refractivity contribution in [3.8, 4) is 0 Å². The Bertz CT molecular complexity index is 688. The zero-order chi connectivity index (χ0) is 15.1. The van der Waals surface area contributed by atoms with Crippen LogP contribution in [-0.2, 0) is 10.1 Å². The molecule has 0 aromatic heterocycles. The van der Waals surface area contributed by atoms with E-state index in [1.807, 2.05) is 0 Å². The van der Waals surface area contributed by atoms with Gasteiger partial charge in [-0.1, -0.05) is 22.0 Å². The van der Waals surface area contributed by atoms with Gasteiger partial charge in [0.1, 0.15) is 0 Å². The number of benzene rings is 1. The molecule has 1 aromatic carbocycles. The van der Waals surface area contributed by atoms with E-state index in [4.69, 9.17) is 0 Å². The van der Waals surface area contributed by atoms with E-state index < -0.39 is 23.8 Å². The van der Waals surface area contributed by atoms with Gasteiger partial charge in [0, 0.05) is 11.8 Å². The van der Waals surface area contributed by atoms with Crippen molar-refractivity contribution in [1.29, 1.82) is 0 Å². The maximum absolute atomic E-state index is 12.4. The molecule has 5 amide bonds. The first kappa shape index (κ1) is 13.7. The number of hydrogen-bond donors (Lipinski definition) is 1. The lowest BCUT2D eigenvalue weighted by Crippen LogP contribution is -2.58. The highest BCUT2D eigenvalue weighted by Crippen LogP contribution is 2.26. The lowest BCUT2D eigenvalue weighted by atomic mass is 10.1. The zero-order valence-corrected chi connectivity index (χ0v) is 12.3. The summed E-state index contributed by atoms with van der Waals surface area (Å²) >= 11 is 3.29. The number of hydrogen-bond acceptors (Lipinski definition) is 4. The number of nitrogens with one attached hydrogen (secondary N) is 1. The second kappa shape index (κ2) is 4.96. The van der Waals surface area contributed by atoms with E-state index in [1.165, 1.54) is 0 Å². The van der Waals surface area contributed by atoms with Crippen molar-refractivity contribution in [3.05, 3.63) is 34.9 Å². The van der Waals surface area contributed by atoms with E-state index in [0.29, 0.717) is 5.33 Å². The normalized spacial score (nSPS) is 18.1. The van der Waals surface area contributed by atoms with E-state index in [9.17, 15) is 19.2 Å². The standard InChI is InChI=1S/C13H10BrN3O4/c14-6-7-1-2-8-9(5-7)12(20)17(11(8)19)16-4-3-10(18)15-13(16)21/h1-2,5H,3-4,6H2,(H,15,18,21). The molecule has 1 N–H and O–H groups in total. The average molecular weight is 352 g/mol. The minimum Gasteiger partial charge on any atom is -0.276 e. The maximum Gasteiger partial charge on any atom is 0.343 e. The van der Waals surface area contributed by atoms with Crippen LogP contribution in [0.3, 0.4) is 0 Å². The molecule has 1 fully saturated rings. The molecule has 21 heavy (non-hydrogen) atoms. The summed E-state index contributed by atoms with van der Waals surface area (Å²) in [5, 5.41) is 4.42. The third-order valence-corrected chi connectivity index (χ3v) is 4.00. The average Bonchev–Trinajstić information content (AvgIpc) is 2.71. The Kier molecular flexibility index (Phi) is 3.25. The van der Waals surface area contributed by atoms with Crippen molar-refractivity contribution < 1.29 is 19.2 Å². The van der Waals surface area contributed by atoms with E-state index in [2.05, 4.69) is 21.2 Å². The zero-order valence-electron chi connectivity index (χ0n) is 10.8. The molecule has 0 spiro atoms. The number of halogens is 1. The molecule has 8 heteroatoms. The molecule has 3 rings (SSSR count). The lowest BCUT2D eigenvalue weighted by Gasteiger charge is -2.32. The Hall–Kier alpha value is -2.22. The Labute approximate surface area is 128 Å². The van der Waals surface area contributed by atoms with Crippen LogP contribution in [0.5, 0.6) is 0 Å². The fraction of sp³-hybridized carbons (Fsp3) is 0.231. The second-order valence-corrected chi connectivity index (χ2v) is 5.22. The summed E-state index contributed by atoms with van der Waals surface area (Å²) in [6.45, 7) is 0.00143. The molecule has 2 aliphatic rings. The molecule has 1 saturated heterocycles. The maximum atomic E-state index is 12.4. The van der Waals surface area contributed by atoms with Crippen molar-refractivity contribution in [1.82, 2.24) is 15.3 Å². The van der Waals surface area contributed by atoms with Crippen molar-refractivity contribution in [2.45, 2.75) is 11.8 Å². The molecule has 0 radical (unpaired) electrons. The second-order valence-electron chi connectivity index (χ2n) is 4.66. The number of urea groups is 1. The first-order chi connectivity index (χ1) is 10.0. The molecular formula is C13H10BrN3O4. The van der Waals surface area contributed by atoms with Gasteiger partial charge in [-0.25, -0.2) is 9.80 Å². The molecule has 0 atom stereocenters. The number of fused-ring (bicyclic) bond motifs is 1. The summed E-state index contributed by atoms with van der Waals surface area (Å²) in [5.74, 6) is -1.53. The van der Waals surface area contributed by atoms with Crippen LogP contribution >= 0.6 is 15.9 Å². The third kappa shape index (κ3) is 2.11. The van der Waals surface area contributed by atoms with Crippen LogP contribution in [0, 0.1) is 0 Å². The number of alkyl halides is 1. The summed E-state index contributed by atoms with van der Waals surface area (Å²) in [4.78, 5) is 47.6. The molecule has 0 bridgehead atoms. The summed E-state index contributed by atoms with van der Waals surface area (Å²) in [5.41, 5.74) is 1.38. The smallest absolute Gasteiger partial charge is 0.276 e. The van der Waals surface area contributed by atoms with Gasteiger partial charge in [-0.3, -0.25) is 19.7 Å². The number of nitrogens with zero attached hydrogens (tertiary/aromatic N) is 2. The minimum absolute atomic E-state index is 0.00143. The van der Waals surface area contributed by atoms with Gasteiger partial charge in [0.15, 0.2) is 0 Å². The molecule has 2 heterocycles. The molecule has 0 unspecified atom stereocenters. The molecule has 1 aromatic rings. The number of rotatable bonds is 2. The Morgan fingerprint density at radius 2 is 1.81 bits per heavy atom. The first-order valence-corrected chi connectivity index (χ1v) is 7.34. The van der Waals surface area contributed by atoms with Gasteiger partial charge in [-0.05, 0) is 17.7 Å². The first-order valence-electron chi connectivity index (χ1n) is 6.22.